The van der Waals surface area contributed by atoms with Gasteiger partial charge in [-0.05, 0) is 12.5 Å². The lowest BCUT2D eigenvalue weighted by molar-refractivity contribution is 0.0244. The average molecular weight is 294 g/mol. The van der Waals surface area contributed by atoms with Crippen LogP contribution in [0.25, 0.3) is 10.2 Å². The molecule has 1 fully saturated rings. The van der Waals surface area contributed by atoms with Crippen molar-refractivity contribution in [2.24, 2.45) is 0 Å². The Balaban J connectivity index is 1.99. The minimum atomic E-state index is -0.942. The van der Waals surface area contributed by atoms with Crippen molar-refractivity contribution in [3.05, 3.63) is 16.8 Å². The van der Waals surface area contributed by atoms with E-state index in [0.717, 1.165) is 24.2 Å². The van der Waals surface area contributed by atoms with E-state index in [1.165, 1.54) is 6.33 Å². The lowest BCUT2D eigenvalue weighted by Gasteiger charge is -2.22. The van der Waals surface area contributed by atoms with Gasteiger partial charge in [-0.3, -0.25) is 0 Å². The highest BCUT2D eigenvalue weighted by Crippen LogP contribution is 2.35. The summed E-state index contributed by atoms with van der Waals surface area (Å²) in [6.07, 6.45) is 3.12. The molecule has 0 saturated carbocycles. The van der Waals surface area contributed by atoms with E-state index in [1.807, 2.05) is 0 Å². The van der Waals surface area contributed by atoms with Gasteiger partial charge in [0.2, 0.25) is 5.88 Å². The average Bonchev–Trinajstić information content (AvgIpc) is 2.79. The van der Waals surface area contributed by atoms with Gasteiger partial charge < -0.3 is 14.6 Å². The highest BCUT2D eigenvalue weighted by Gasteiger charge is 2.22. The maximum absolute atomic E-state index is 11.2. The van der Waals surface area contributed by atoms with E-state index in [2.05, 4.69) is 9.97 Å². The molecule has 106 valence electrons. The number of aromatic nitrogens is 2. The monoisotopic (exact) mass is 294 g/mol. The number of aromatic carboxylic acids is 1. The molecule has 0 aromatic carbocycles. The van der Waals surface area contributed by atoms with Crippen LogP contribution in [0.15, 0.2) is 6.33 Å². The molecule has 1 saturated heterocycles. The second-order valence-corrected chi connectivity index (χ2v) is 5.65. The van der Waals surface area contributed by atoms with Gasteiger partial charge in [-0.15, -0.1) is 11.3 Å². The van der Waals surface area contributed by atoms with E-state index in [-0.39, 0.29) is 11.0 Å². The molecule has 20 heavy (non-hydrogen) atoms. The number of carboxylic acid groups (broad SMARTS) is 1. The minimum absolute atomic E-state index is 0.0643. The highest BCUT2D eigenvalue weighted by atomic mass is 32.1. The molecule has 3 heterocycles. The van der Waals surface area contributed by atoms with Crippen LogP contribution in [0.4, 0.5) is 0 Å². The number of nitrogens with zero attached hydrogens (tertiary/aromatic N) is 2. The van der Waals surface area contributed by atoms with Gasteiger partial charge in [0.05, 0.1) is 18.6 Å². The fourth-order valence-electron chi connectivity index (χ4n) is 2.28. The third kappa shape index (κ3) is 2.34. The van der Waals surface area contributed by atoms with Crippen molar-refractivity contribution >= 4 is 27.5 Å². The second-order valence-electron chi connectivity index (χ2n) is 4.65. The molecule has 0 spiro atoms. The van der Waals surface area contributed by atoms with Gasteiger partial charge in [-0.1, -0.05) is 0 Å². The SMILES string of the molecule is Cc1c(C(=O)O)sc2ncnc(OC3CCOCC3)c12. The van der Waals surface area contributed by atoms with Crippen LogP contribution in [0.3, 0.4) is 0 Å². The van der Waals surface area contributed by atoms with E-state index < -0.39 is 5.97 Å². The summed E-state index contributed by atoms with van der Waals surface area (Å²) in [5.41, 5.74) is 0.667. The number of rotatable bonds is 3. The largest absolute Gasteiger partial charge is 0.477 e. The number of aryl methyl sites for hydroxylation is 1. The molecule has 6 nitrogen and oxygen atoms in total. The zero-order valence-electron chi connectivity index (χ0n) is 11.0. The number of thiophene rings is 1. The van der Waals surface area contributed by atoms with Crippen LogP contribution in [0.2, 0.25) is 0 Å². The van der Waals surface area contributed by atoms with Crippen molar-refractivity contribution in [3.8, 4) is 5.88 Å². The fraction of sp³-hybridized carbons (Fsp3) is 0.462. The maximum Gasteiger partial charge on any atom is 0.346 e. The summed E-state index contributed by atoms with van der Waals surface area (Å²) in [4.78, 5) is 20.4. The molecule has 0 aliphatic carbocycles. The lowest BCUT2D eigenvalue weighted by atomic mass is 10.1. The molecule has 1 N–H and O–H groups in total. The van der Waals surface area contributed by atoms with Crippen molar-refractivity contribution in [1.29, 1.82) is 0 Å². The molecule has 3 rings (SSSR count). The van der Waals surface area contributed by atoms with E-state index in [1.54, 1.807) is 6.92 Å². The van der Waals surface area contributed by atoms with E-state index >= 15 is 0 Å². The van der Waals surface area contributed by atoms with Crippen LogP contribution in [-0.2, 0) is 4.74 Å². The molecule has 2 aromatic heterocycles. The van der Waals surface area contributed by atoms with Gasteiger partial charge in [0.25, 0.3) is 0 Å². The lowest BCUT2D eigenvalue weighted by Crippen LogP contribution is -2.26. The second kappa shape index (κ2) is 5.34. The molecular formula is C13H14N2O4S. The van der Waals surface area contributed by atoms with Crippen molar-refractivity contribution in [2.45, 2.75) is 25.9 Å². The summed E-state index contributed by atoms with van der Waals surface area (Å²) in [6.45, 7) is 3.13. The van der Waals surface area contributed by atoms with E-state index in [9.17, 15) is 9.90 Å². The summed E-state index contributed by atoms with van der Waals surface area (Å²) in [7, 11) is 0. The van der Waals surface area contributed by atoms with Crippen LogP contribution in [0.1, 0.15) is 28.1 Å². The first-order valence-corrected chi connectivity index (χ1v) is 7.20. The molecule has 1 aliphatic rings. The Kier molecular flexibility index (Phi) is 3.54. The van der Waals surface area contributed by atoms with Gasteiger partial charge in [0, 0.05) is 12.8 Å². The predicted octanol–water partition coefficient (Wildman–Crippen LogP) is 2.26. The Labute approximate surface area is 119 Å². The summed E-state index contributed by atoms with van der Waals surface area (Å²) >= 11 is 1.15. The molecule has 0 radical (unpaired) electrons. The van der Waals surface area contributed by atoms with Crippen molar-refractivity contribution in [1.82, 2.24) is 9.97 Å². The standard InChI is InChI=1S/C13H14N2O4S/c1-7-9-11(19-8-2-4-18-5-3-8)14-6-15-12(9)20-10(7)13(16)17/h6,8H,2-5H2,1H3,(H,16,17). The smallest absolute Gasteiger partial charge is 0.346 e. The van der Waals surface area contributed by atoms with Crippen LogP contribution in [-0.4, -0.2) is 40.4 Å². The molecule has 0 bridgehead atoms. The highest BCUT2D eigenvalue weighted by molar-refractivity contribution is 7.20. The van der Waals surface area contributed by atoms with E-state index in [4.69, 9.17) is 9.47 Å². The van der Waals surface area contributed by atoms with Crippen LogP contribution in [0, 0.1) is 6.92 Å². The van der Waals surface area contributed by atoms with Crippen molar-refractivity contribution < 1.29 is 19.4 Å². The van der Waals surface area contributed by atoms with Gasteiger partial charge in [-0.2, -0.15) is 0 Å². The van der Waals surface area contributed by atoms with E-state index in [0.29, 0.717) is 34.9 Å². The van der Waals surface area contributed by atoms with Crippen LogP contribution < -0.4 is 4.74 Å². The van der Waals surface area contributed by atoms with Gasteiger partial charge in [0.1, 0.15) is 22.1 Å². The fourth-order valence-corrected chi connectivity index (χ4v) is 3.26. The van der Waals surface area contributed by atoms with Crippen molar-refractivity contribution in [3.63, 3.8) is 0 Å². The Morgan fingerprint density at radius 2 is 2.20 bits per heavy atom. The zero-order chi connectivity index (χ0) is 14.1. The zero-order valence-corrected chi connectivity index (χ0v) is 11.8. The van der Waals surface area contributed by atoms with Gasteiger partial charge in [0.15, 0.2) is 0 Å². The molecule has 7 heteroatoms. The molecule has 0 amide bonds. The molecule has 1 aliphatic heterocycles. The summed E-state index contributed by atoms with van der Waals surface area (Å²) in [6, 6.07) is 0. The van der Waals surface area contributed by atoms with Gasteiger partial charge in [-0.25, -0.2) is 14.8 Å². The predicted molar refractivity (Wildman–Crippen MR) is 73.6 cm³/mol. The third-order valence-corrected chi connectivity index (χ3v) is 4.52. The quantitative estimate of drug-likeness (QED) is 0.935. The minimum Gasteiger partial charge on any atom is -0.477 e. The van der Waals surface area contributed by atoms with Crippen LogP contribution >= 0.6 is 11.3 Å². The third-order valence-electron chi connectivity index (χ3n) is 3.33. The number of fused-ring (bicyclic) bond motifs is 1. The van der Waals surface area contributed by atoms with Crippen LogP contribution in [0.5, 0.6) is 5.88 Å². The summed E-state index contributed by atoms with van der Waals surface area (Å²) < 4.78 is 11.2. The maximum atomic E-state index is 11.2. The first-order chi connectivity index (χ1) is 9.66. The number of hydrogen-bond donors (Lipinski definition) is 1. The van der Waals surface area contributed by atoms with Crippen molar-refractivity contribution in [2.75, 3.05) is 13.2 Å². The Morgan fingerprint density at radius 3 is 2.90 bits per heavy atom. The first-order valence-electron chi connectivity index (χ1n) is 6.38. The Hall–Kier alpha value is -1.73. The first kappa shape index (κ1) is 13.3. The number of carbonyl (C=O) groups is 1. The molecule has 2 aromatic rings. The molecule has 0 unspecified atom stereocenters. The Bertz CT molecular complexity index is 649. The molecular weight excluding hydrogens is 280 g/mol. The van der Waals surface area contributed by atoms with Gasteiger partial charge >= 0.3 is 5.97 Å². The summed E-state index contributed by atoms with van der Waals surface area (Å²) in [5, 5.41) is 9.89. The topological polar surface area (TPSA) is 81.5 Å². The molecule has 0 atom stereocenters. The number of ether oxygens (including phenoxy) is 2. The summed E-state index contributed by atoms with van der Waals surface area (Å²) in [5.74, 6) is -0.467. The Morgan fingerprint density at radius 1 is 1.45 bits per heavy atom. The number of hydrogen-bond acceptors (Lipinski definition) is 6. The number of carboxylic acids is 1. The normalized spacial score (nSPS) is 16.4.